The van der Waals surface area contributed by atoms with Crippen molar-refractivity contribution in [2.24, 2.45) is 0 Å². The van der Waals surface area contributed by atoms with Crippen LogP contribution in [0.25, 0.3) is 10.7 Å². The smallest absolute Gasteiger partial charge is 0.166 e. The van der Waals surface area contributed by atoms with Crippen molar-refractivity contribution >= 4 is 27.3 Å². The molecule has 6 heteroatoms. The van der Waals surface area contributed by atoms with E-state index in [2.05, 4.69) is 43.4 Å². The van der Waals surface area contributed by atoms with Gasteiger partial charge < -0.3 is 5.32 Å². The van der Waals surface area contributed by atoms with E-state index in [9.17, 15) is 0 Å². The van der Waals surface area contributed by atoms with Crippen LogP contribution >= 0.6 is 27.3 Å². The first-order valence-corrected chi connectivity index (χ1v) is 7.05. The molecule has 0 aliphatic heterocycles. The van der Waals surface area contributed by atoms with E-state index in [1.54, 1.807) is 17.5 Å². The van der Waals surface area contributed by atoms with Crippen molar-refractivity contribution in [1.82, 2.24) is 20.5 Å². The Labute approximate surface area is 113 Å². The Balaban J connectivity index is 2.04. The van der Waals surface area contributed by atoms with Gasteiger partial charge in [-0.05, 0) is 41.0 Å². The number of nitrogens with zero attached hydrogens (tertiary/aromatic N) is 3. The van der Waals surface area contributed by atoms with E-state index in [4.69, 9.17) is 0 Å². The summed E-state index contributed by atoms with van der Waals surface area (Å²) in [6.07, 6.45) is 2.89. The highest BCUT2D eigenvalue weighted by atomic mass is 79.9. The van der Waals surface area contributed by atoms with Crippen LogP contribution in [0.2, 0.25) is 0 Å². The molecule has 0 atom stereocenters. The second-order valence-corrected chi connectivity index (χ2v) is 5.52. The molecule has 0 saturated heterocycles. The van der Waals surface area contributed by atoms with Gasteiger partial charge in [-0.15, -0.1) is 10.2 Å². The highest BCUT2D eigenvalue weighted by Gasteiger charge is 2.07. The lowest BCUT2D eigenvalue weighted by Crippen LogP contribution is -2.13. The summed E-state index contributed by atoms with van der Waals surface area (Å²) < 4.78 is 0.968. The standard InChI is InChI=1S/C11H13BrN4S/c1-2-5-13-7-10-15-16-11(17-10)9-4-3-8(12)6-14-9/h3-4,6,13H,2,5,7H2,1H3. The number of hydrogen-bond acceptors (Lipinski definition) is 5. The van der Waals surface area contributed by atoms with Gasteiger partial charge in [-0.25, -0.2) is 0 Å². The van der Waals surface area contributed by atoms with E-state index in [1.807, 2.05) is 12.1 Å². The third-order valence-corrected chi connectivity index (χ3v) is 3.53. The molecule has 90 valence electrons. The number of rotatable bonds is 5. The molecule has 0 aromatic carbocycles. The molecule has 0 aliphatic rings. The summed E-state index contributed by atoms with van der Waals surface area (Å²) in [5.41, 5.74) is 0.868. The van der Waals surface area contributed by atoms with Gasteiger partial charge in [0.25, 0.3) is 0 Å². The van der Waals surface area contributed by atoms with Crippen LogP contribution in [0.1, 0.15) is 18.4 Å². The van der Waals surface area contributed by atoms with Gasteiger partial charge in [0.15, 0.2) is 5.01 Å². The summed E-state index contributed by atoms with van der Waals surface area (Å²) in [5.74, 6) is 0. The van der Waals surface area contributed by atoms with Gasteiger partial charge in [0.1, 0.15) is 10.7 Å². The Kier molecular flexibility index (Phi) is 4.58. The van der Waals surface area contributed by atoms with Gasteiger partial charge in [-0.2, -0.15) is 0 Å². The van der Waals surface area contributed by atoms with Crippen LogP contribution in [-0.2, 0) is 6.54 Å². The molecule has 1 N–H and O–H groups in total. The predicted octanol–water partition coefficient (Wildman–Crippen LogP) is 2.86. The van der Waals surface area contributed by atoms with Crippen molar-refractivity contribution in [2.75, 3.05) is 6.54 Å². The normalized spacial score (nSPS) is 10.7. The second kappa shape index (κ2) is 6.18. The zero-order valence-electron chi connectivity index (χ0n) is 9.48. The predicted molar refractivity (Wildman–Crippen MR) is 72.8 cm³/mol. The van der Waals surface area contributed by atoms with E-state index in [0.29, 0.717) is 0 Å². The first-order chi connectivity index (χ1) is 8.29. The van der Waals surface area contributed by atoms with Gasteiger partial charge in [0, 0.05) is 17.2 Å². The Bertz CT molecular complexity index is 469. The third kappa shape index (κ3) is 3.55. The van der Waals surface area contributed by atoms with E-state index in [-0.39, 0.29) is 0 Å². The summed E-state index contributed by atoms with van der Waals surface area (Å²) in [4.78, 5) is 4.30. The third-order valence-electron chi connectivity index (χ3n) is 2.12. The molecule has 2 rings (SSSR count). The number of nitrogens with one attached hydrogen (secondary N) is 1. The molecular formula is C11H13BrN4S. The zero-order valence-corrected chi connectivity index (χ0v) is 11.9. The summed E-state index contributed by atoms with van der Waals surface area (Å²) in [5, 5.41) is 13.5. The Morgan fingerprint density at radius 1 is 1.35 bits per heavy atom. The van der Waals surface area contributed by atoms with Gasteiger partial charge in [-0.3, -0.25) is 4.98 Å². The molecule has 0 aliphatic carbocycles. The molecule has 0 bridgehead atoms. The Morgan fingerprint density at radius 3 is 2.94 bits per heavy atom. The molecule has 0 spiro atoms. The fourth-order valence-electron chi connectivity index (χ4n) is 1.30. The largest absolute Gasteiger partial charge is 0.310 e. The molecule has 2 heterocycles. The zero-order chi connectivity index (χ0) is 12.1. The van der Waals surface area contributed by atoms with E-state index >= 15 is 0 Å². The van der Waals surface area contributed by atoms with Crippen LogP contribution in [0, 0.1) is 0 Å². The fraction of sp³-hybridized carbons (Fsp3) is 0.364. The molecule has 0 amide bonds. The molecule has 4 nitrogen and oxygen atoms in total. The van der Waals surface area contributed by atoms with E-state index < -0.39 is 0 Å². The molecule has 0 unspecified atom stereocenters. The van der Waals surface area contributed by atoms with Gasteiger partial charge in [0.2, 0.25) is 0 Å². The minimum atomic E-state index is 0.780. The molecule has 2 aromatic rings. The van der Waals surface area contributed by atoms with Crippen molar-refractivity contribution in [1.29, 1.82) is 0 Å². The molecule has 17 heavy (non-hydrogen) atoms. The number of aromatic nitrogens is 3. The maximum atomic E-state index is 4.30. The van der Waals surface area contributed by atoms with Crippen molar-refractivity contribution < 1.29 is 0 Å². The van der Waals surface area contributed by atoms with Crippen molar-refractivity contribution in [2.45, 2.75) is 19.9 Å². The van der Waals surface area contributed by atoms with Crippen molar-refractivity contribution in [3.8, 4) is 10.7 Å². The topological polar surface area (TPSA) is 50.7 Å². The van der Waals surface area contributed by atoms with E-state index in [0.717, 1.165) is 39.7 Å². The van der Waals surface area contributed by atoms with Gasteiger partial charge in [0.05, 0.1) is 0 Å². The van der Waals surface area contributed by atoms with Crippen LogP contribution in [0.15, 0.2) is 22.8 Å². The van der Waals surface area contributed by atoms with Crippen LogP contribution in [0.4, 0.5) is 0 Å². The number of pyridine rings is 1. The molecule has 0 fully saturated rings. The summed E-state index contributed by atoms with van der Waals surface area (Å²) in [6, 6.07) is 3.90. The maximum absolute atomic E-state index is 4.30. The van der Waals surface area contributed by atoms with Gasteiger partial charge in [-0.1, -0.05) is 18.3 Å². The first-order valence-electron chi connectivity index (χ1n) is 5.44. The Hall–Kier alpha value is -0.850. The lowest BCUT2D eigenvalue weighted by molar-refractivity contribution is 0.668. The minimum Gasteiger partial charge on any atom is -0.310 e. The van der Waals surface area contributed by atoms with Crippen LogP contribution in [0.3, 0.4) is 0 Å². The molecule has 0 radical (unpaired) electrons. The highest BCUT2D eigenvalue weighted by molar-refractivity contribution is 9.10. The van der Waals surface area contributed by atoms with Crippen LogP contribution in [-0.4, -0.2) is 21.7 Å². The van der Waals surface area contributed by atoms with Gasteiger partial charge >= 0.3 is 0 Å². The van der Waals surface area contributed by atoms with Crippen LogP contribution < -0.4 is 5.32 Å². The summed E-state index contributed by atoms with van der Waals surface area (Å²) >= 11 is 4.94. The maximum Gasteiger partial charge on any atom is 0.166 e. The molecular weight excluding hydrogens is 300 g/mol. The second-order valence-electron chi connectivity index (χ2n) is 3.54. The number of hydrogen-bond donors (Lipinski definition) is 1. The highest BCUT2D eigenvalue weighted by Crippen LogP contribution is 2.22. The summed E-state index contributed by atoms with van der Waals surface area (Å²) in [7, 11) is 0. The van der Waals surface area contributed by atoms with Crippen molar-refractivity contribution in [3.63, 3.8) is 0 Å². The molecule has 0 saturated carbocycles. The monoisotopic (exact) mass is 312 g/mol. The van der Waals surface area contributed by atoms with Crippen molar-refractivity contribution in [3.05, 3.63) is 27.8 Å². The van der Waals surface area contributed by atoms with Crippen LogP contribution in [0.5, 0.6) is 0 Å². The summed E-state index contributed by atoms with van der Waals surface area (Å²) in [6.45, 7) is 3.93. The average molecular weight is 313 g/mol. The lowest BCUT2D eigenvalue weighted by atomic mass is 10.4. The number of halogens is 1. The van der Waals surface area contributed by atoms with E-state index in [1.165, 1.54) is 0 Å². The SMILES string of the molecule is CCCNCc1nnc(-c2ccc(Br)cn2)s1. The quantitative estimate of drug-likeness (QED) is 0.863. The minimum absolute atomic E-state index is 0.780. The molecule has 2 aromatic heterocycles. The fourth-order valence-corrected chi connectivity index (χ4v) is 2.32. The first kappa shape index (κ1) is 12.6. The average Bonchev–Trinajstić information content (AvgIpc) is 2.79. The lowest BCUT2D eigenvalue weighted by Gasteiger charge is -1.96. The Morgan fingerprint density at radius 2 is 2.24 bits per heavy atom.